The summed E-state index contributed by atoms with van der Waals surface area (Å²) in [6, 6.07) is 1.91. The van der Waals surface area contributed by atoms with E-state index in [0.29, 0.717) is 0 Å². The van der Waals surface area contributed by atoms with Crippen LogP contribution in [-0.4, -0.2) is 13.3 Å². The molecule has 9 heteroatoms. The highest BCUT2D eigenvalue weighted by Crippen LogP contribution is 2.34. The van der Waals surface area contributed by atoms with Gasteiger partial charge in [0.25, 0.3) is 5.69 Å². The summed E-state index contributed by atoms with van der Waals surface area (Å²) < 4.78 is 22.0. The highest BCUT2D eigenvalue weighted by molar-refractivity contribution is 9.10. The third kappa shape index (κ3) is 2.65. The second kappa shape index (κ2) is 4.05. The van der Waals surface area contributed by atoms with Gasteiger partial charge in [-0.05, 0) is 22.0 Å². The third-order valence-corrected chi connectivity index (χ3v) is 3.65. The van der Waals surface area contributed by atoms with Crippen LogP contribution in [0, 0.1) is 10.1 Å². The SMILES string of the molecule is NS(=O)(=O)c1cc(Br)c(Cl)c([N+](=O)[O-])c1. The van der Waals surface area contributed by atoms with E-state index >= 15 is 0 Å². The van der Waals surface area contributed by atoms with Crippen molar-refractivity contribution >= 4 is 43.2 Å². The van der Waals surface area contributed by atoms with Crippen molar-refractivity contribution in [2.75, 3.05) is 0 Å². The number of primary sulfonamides is 1. The number of halogens is 2. The Morgan fingerprint density at radius 1 is 1.47 bits per heavy atom. The zero-order valence-corrected chi connectivity index (χ0v) is 10.1. The van der Waals surface area contributed by atoms with Gasteiger partial charge in [0.05, 0.1) is 9.82 Å². The van der Waals surface area contributed by atoms with E-state index in [2.05, 4.69) is 15.9 Å². The summed E-state index contributed by atoms with van der Waals surface area (Å²) in [5.41, 5.74) is -0.518. The summed E-state index contributed by atoms with van der Waals surface area (Å²) in [6.07, 6.45) is 0. The van der Waals surface area contributed by atoms with E-state index in [1.807, 2.05) is 0 Å². The second-order valence-electron chi connectivity index (χ2n) is 2.54. The van der Waals surface area contributed by atoms with Crippen molar-refractivity contribution in [3.8, 4) is 0 Å². The molecule has 0 aliphatic heterocycles. The molecule has 15 heavy (non-hydrogen) atoms. The quantitative estimate of drug-likeness (QED) is 0.662. The smallest absolute Gasteiger partial charge is 0.258 e. The van der Waals surface area contributed by atoms with Gasteiger partial charge in [0.1, 0.15) is 5.02 Å². The van der Waals surface area contributed by atoms with E-state index in [4.69, 9.17) is 16.7 Å². The molecule has 0 saturated heterocycles. The summed E-state index contributed by atoms with van der Waals surface area (Å²) in [4.78, 5) is 9.36. The number of benzene rings is 1. The van der Waals surface area contributed by atoms with Crippen molar-refractivity contribution in [3.63, 3.8) is 0 Å². The molecule has 1 rings (SSSR count). The van der Waals surface area contributed by atoms with Crippen LogP contribution in [0.3, 0.4) is 0 Å². The number of nitrogens with two attached hydrogens (primary N) is 1. The number of nitro benzene ring substituents is 1. The van der Waals surface area contributed by atoms with Crippen molar-refractivity contribution in [3.05, 3.63) is 31.7 Å². The minimum absolute atomic E-state index is 0.0994. The number of nitro groups is 1. The predicted octanol–water partition coefficient (Wildman–Crippen LogP) is 1.66. The zero-order valence-electron chi connectivity index (χ0n) is 6.98. The van der Waals surface area contributed by atoms with Crippen LogP contribution >= 0.6 is 27.5 Å². The van der Waals surface area contributed by atoms with E-state index < -0.39 is 20.6 Å². The maximum Gasteiger partial charge on any atom is 0.290 e. The maximum atomic E-state index is 11.0. The van der Waals surface area contributed by atoms with Gasteiger partial charge in [-0.15, -0.1) is 0 Å². The first-order valence-corrected chi connectivity index (χ1v) is 6.11. The standard InChI is InChI=1S/C6H4BrClN2O4S/c7-4-1-3(15(9,13)14)2-5(6(4)8)10(11)12/h1-2H,(H2,9,13,14). The fourth-order valence-corrected chi connectivity index (χ4v) is 2.18. The number of hydrogen-bond acceptors (Lipinski definition) is 4. The van der Waals surface area contributed by atoms with Gasteiger partial charge in [0.15, 0.2) is 0 Å². The van der Waals surface area contributed by atoms with Crippen LogP contribution in [0.25, 0.3) is 0 Å². The van der Waals surface area contributed by atoms with E-state index in [0.717, 1.165) is 12.1 Å². The molecule has 2 N–H and O–H groups in total. The molecule has 0 saturated carbocycles. The van der Waals surface area contributed by atoms with Crippen LogP contribution < -0.4 is 5.14 Å². The highest BCUT2D eigenvalue weighted by Gasteiger charge is 2.20. The van der Waals surface area contributed by atoms with Crippen molar-refractivity contribution in [1.29, 1.82) is 0 Å². The summed E-state index contributed by atoms with van der Waals surface area (Å²) in [5, 5.41) is 15.2. The Morgan fingerprint density at radius 3 is 2.40 bits per heavy atom. The molecule has 0 spiro atoms. The average Bonchev–Trinajstić information content (AvgIpc) is 2.06. The lowest BCUT2D eigenvalue weighted by Gasteiger charge is -2.02. The monoisotopic (exact) mass is 314 g/mol. The lowest BCUT2D eigenvalue weighted by Crippen LogP contribution is -2.12. The molecule has 0 aromatic heterocycles. The van der Waals surface area contributed by atoms with Gasteiger partial charge < -0.3 is 0 Å². The summed E-state index contributed by atoms with van der Waals surface area (Å²) in [6.45, 7) is 0. The summed E-state index contributed by atoms with van der Waals surface area (Å²) in [5.74, 6) is 0. The second-order valence-corrected chi connectivity index (χ2v) is 5.33. The normalized spacial score (nSPS) is 11.4. The molecule has 1 aromatic rings. The predicted molar refractivity (Wildman–Crippen MR) is 57.2 cm³/mol. The average molecular weight is 316 g/mol. The van der Waals surface area contributed by atoms with Gasteiger partial charge in [-0.25, -0.2) is 13.6 Å². The van der Waals surface area contributed by atoms with E-state index in [9.17, 15) is 18.5 Å². The molecule has 0 atom stereocenters. The maximum absolute atomic E-state index is 11.0. The minimum atomic E-state index is -3.99. The Hall–Kier alpha value is -0.700. The first-order valence-electron chi connectivity index (χ1n) is 3.39. The molecule has 0 unspecified atom stereocenters. The van der Waals surface area contributed by atoms with Gasteiger partial charge in [-0.3, -0.25) is 10.1 Å². The number of hydrogen-bond donors (Lipinski definition) is 1. The van der Waals surface area contributed by atoms with E-state index in [-0.39, 0.29) is 14.4 Å². The summed E-state index contributed by atoms with van der Waals surface area (Å²) >= 11 is 8.49. The first kappa shape index (κ1) is 12.4. The van der Waals surface area contributed by atoms with Gasteiger partial charge in [-0.2, -0.15) is 0 Å². The Labute approximate surface area is 98.4 Å². The number of nitrogens with zero attached hydrogens (tertiary/aromatic N) is 1. The van der Waals surface area contributed by atoms with Gasteiger partial charge in [0, 0.05) is 10.5 Å². The fraction of sp³-hybridized carbons (Fsp3) is 0. The van der Waals surface area contributed by atoms with E-state index in [1.165, 1.54) is 0 Å². The Bertz CT molecular complexity index is 530. The Morgan fingerprint density at radius 2 is 2.00 bits per heavy atom. The molecule has 6 nitrogen and oxygen atoms in total. The lowest BCUT2D eigenvalue weighted by atomic mass is 10.3. The van der Waals surface area contributed by atoms with E-state index in [1.54, 1.807) is 0 Å². The van der Waals surface area contributed by atoms with Crippen molar-refractivity contribution < 1.29 is 13.3 Å². The molecule has 0 heterocycles. The van der Waals surface area contributed by atoms with Crippen molar-refractivity contribution in [2.45, 2.75) is 4.90 Å². The molecule has 1 aromatic carbocycles. The molecule has 0 amide bonds. The van der Waals surface area contributed by atoms with Crippen LogP contribution in [0.4, 0.5) is 5.69 Å². The van der Waals surface area contributed by atoms with Gasteiger partial charge in [0.2, 0.25) is 10.0 Å². The third-order valence-electron chi connectivity index (χ3n) is 1.51. The number of sulfonamides is 1. The molecule has 82 valence electrons. The lowest BCUT2D eigenvalue weighted by molar-refractivity contribution is -0.385. The Balaban J connectivity index is 3.57. The number of rotatable bonds is 2. The zero-order chi connectivity index (χ0) is 11.8. The fourth-order valence-electron chi connectivity index (χ4n) is 0.848. The summed E-state index contributed by atoms with van der Waals surface area (Å²) in [7, 11) is -3.99. The molecule has 0 aliphatic carbocycles. The largest absolute Gasteiger partial charge is 0.290 e. The van der Waals surface area contributed by atoms with Crippen LogP contribution in [0.1, 0.15) is 0 Å². The first-order chi connectivity index (χ1) is 6.73. The van der Waals surface area contributed by atoms with Crippen LogP contribution in [0.2, 0.25) is 5.02 Å². The molecular weight excluding hydrogens is 312 g/mol. The Kier molecular flexibility index (Phi) is 3.34. The molecule has 0 fully saturated rings. The van der Waals surface area contributed by atoms with Crippen LogP contribution in [0.15, 0.2) is 21.5 Å². The van der Waals surface area contributed by atoms with Crippen LogP contribution in [0.5, 0.6) is 0 Å². The topological polar surface area (TPSA) is 103 Å². The molecule has 0 bridgehead atoms. The van der Waals surface area contributed by atoms with Crippen molar-refractivity contribution in [2.24, 2.45) is 5.14 Å². The minimum Gasteiger partial charge on any atom is -0.258 e. The molecular formula is C6H4BrClN2O4S. The molecule has 0 aliphatic rings. The van der Waals surface area contributed by atoms with Gasteiger partial charge in [-0.1, -0.05) is 11.6 Å². The molecule has 0 radical (unpaired) electrons. The van der Waals surface area contributed by atoms with Crippen molar-refractivity contribution in [1.82, 2.24) is 0 Å². The van der Waals surface area contributed by atoms with Crippen LogP contribution in [-0.2, 0) is 10.0 Å². The van der Waals surface area contributed by atoms with Gasteiger partial charge >= 0.3 is 0 Å². The highest BCUT2D eigenvalue weighted by atomic mass is 79.9.